The fourth-order valence-corrected chi connectivity index (χ4v) is 3.92. The van der Waals surface area contributed by atoms with Crippen molar-refractivity contribution in [2.75, 3.05) is 5.32 Å². The van der Waals surface area contributed by atoms with E-state index in [0.717, 1.165) is 16.7 Å². The van der Waals surface area contributed by atoms with Crippen LogP contribution in [0.1, 0.15) is 22.5 Å². The van der Waals surface area contributed by atoms with Crippen LogP contribution in [0, 0.1) is 0 Å². The number of carbonyl (C=O) groups is 2. The van der Waals surface area contributed by atoms with Crippen LogP contribution in [0.3, 0.4) is 0 Å². The number of thiophene rings is 1. The van der Waals surface area contributed by atoms with Gasteiger partial charge in [0, 0.05) is 24.2 Å². The maximum atomic E-state index is 12.1. The molecule has 28 heavy (non-hydrogen) atoms. The number of nitrogens with one attached hydrogen (secondary N) is 1. The van der Waals surface area contributed by atoms with Gasteiger partial charge in [-0.15, -0.1) is 11.3 Å². The van der Waals surface area contributed by atoms with Crippen LogP contribution in [0.4, 0.5) is 5.69 Å². The zero-order chi connectivity index (χ0) is 19.5. The maximum Gasteiger partial charge on any atom is 0.224 e. The molecule has 0 aliphatic heterocycles. The molecule has 2 aromatic heterocycles. The summed E-state index contributed by atoms with van der Waals surface area (Å²) in [6, 6.07) is 18.8. The molecular formula is C21H16ClN3O2S. The van der Waals surface area contributed by atoms with E-state index < -0.39 is 0 Å². The van der Waals surface area contributed by atoms with Crippen LogP contribution in [0.15, 0.2) is 67.0 Å². The molecule has 1 amide bonds. The Hall–Kier alpha value is -2.96. The van der Waals surface area contributed by atoms with Gasteiger partial charge in [0.1, 0.15) is 6.33 Å². The summed E-state index contributed by atoms with van der Waals surface area (Å²) in [5.41, 5.74) is 3.59. The Morgan fingerprint density at radius 3 is 2.54 bits per heavy atom. The highest BCUT2D eigenvalue weighted by Gasteiger charge is 2.12. The van der Waals surface area contributed by atoms with Gasteiger partial charge in [-0.1, -0.05) is 23.7 Å². The number of fused-ring (bicyclic) bond motifs is 1. The van der Waals surface area contributed by atoms with Crippen molar-refractivity contribution in [2.45, 2.75) is 12.8 Å². The van der Waals surface area contributed by atoms with E-state index in [2.05, 4.69) is 10.3 Å². The Morgan fingerprint density at radius 1 is 1.00 bits per heavy atom. The van der Waals surface area contributed by atoms with Gasteiger partial charge in [-0.2, -0.15) is 0 Å². The Labute approximate surface area is 170 Å². The molecule has 0 bridgehead atoms. The molecule has 2 heterocycles. The molecule has 140 valence electrons. The van der Waals surface area contributed by atoms with E-state index in [4.69, 9.17) is 11.6 Å². The van der Waals surface area contributed by atoms with Crippen LogP contribution in [0.5, 0.6) is 0 Å². The lowest BCUT2D eigenvalue weighted by atomic mass is 10.2. The molecule has 4 rings (SSSR count). The first-order chi connectivity index (χ1) is 13.6. The number of amides is 1. The zero-order valence-corrected chi connectivity index (χ0v) is 16.3. The van der Waals surface area contributed by atoms with E-state index in [1.165, 1.54) is 11.3 Å². The van der Waals surface area contributed by atoms with Gasteiger partial charge in [-0.05, 0) is 48.5 Å². The SMILES string of the molecule is O=C(CCC(=O)c1ccc(Cl)s1)Nc1ccc(-n2cnc3ccccc32)cc1. The lowest BCUT2D eigenvalue weighted by molar-refractivity contribution is -0.116. The standard InChI is InChI=1S/C21H16ClN3O2S/c22-20-11-10-19(28-20)18(26)9-12-21(27)24-14-5-7-15(8-6-14)25-13-23-16-3-1-2-4-17(16)25/h1-8,10-11,13H,9,12H2,(H,24,27). The molecular weight excluding hydrogens is 394 g/mol. The topological polar surface area (TPSA) is 64.0 Å². The Bertz CT molecular complexity index is 1150. The lowest BCUT2D eigenvalue weighted by Gasteiger charge is -2.08. The summed E-state index contributed by atoms with van der Waals surface area (Å²) in [5.74, 6) is -0.272. The predicted octanol–water partition coefficient (Wildman–Crippen LogP) is 5.34. The summed E-state index contributed by atoms with van der Waals surface area (Å²) < 4.78 is 2.56. The Balaban J connectivity index is 1.37. The first kappa shape index (κ1) is 18.4. The van der Waals surface area contributed by atoms with E-state index in [1.807, 2.05) is 53.1 Å². The minimum atomic E-state index is -0.197. The predicted molar refractivity (Wildman–Crippen MR) is 113 cm³/mol. The third-order valence-electron chi connectivity index (χ3n) is 4.31. The van der Waals surface area contributed by atoms with Crippen molar-refractivity contribution >= 4 is 51.3 Å². The third-order valence-corrected chi connectivity index (χ3v) is 5.58. The number of nitrogens with zero attached hydrogens (tertiary/aromatic N) is 2. The summed E-state index contributed by atoms with van der Waals surface area (Å²) in [6.07, 6.45) is 2.06. The Morgan fingerprint density at radius 2 is 1.79 bits per heavy atom. The molecule has 0 atom stereocenters. The second-order valence-electron chi connectivity index (χ2n) is 6.23. The Kier molecular flexibility index (Phi) is 5.23. The number of para-hydroxylation sites is 2. The molecule has 0 aliphatic rings. The van der Waals surface area contributed by atoms with Gasteiger partial charge in [-0.3, -0.25) is 14.2 Å². The van der Waals surface area contributed by atoms with Gasteiger partial charge < -0.3 is 5.32 Å². The summed E-state index contributed by atoms with van der Waals surface area (Å²) in [7, 11) is 0. The molecule has 0 spiro atoms. The van der Waals surface area contributed by atoms with Crippen molar-refractivity contribution in [3.8, 4) is 5.69 Å². The number of Topliss-reactive ketones (excluding diaryl/α,β-unsaturated/α-hetero) is 1. The van der Waals surface area contributed by atoms with Gasteiger partial charge in [0.25, 0.3) is 0 Å². The molecule has 0 aliphatic carbocycles. The number of imidazole rings is 1. The number of halogens is 1. The molecule has 0 radical (unpaired) electrons. The number of anilines is 1. The molecule has 0 fully saturated rings. The van der Waals surface area contributed by atoms with E-state index in [1.54, 1.807) is 18.5 Å². The number of hydrogen-bond acceptors (Lipinski definition) is 4. The average molecular weight is 410 g/mol. The quantitative estimate of drug-likeness (QED) is 0.437. The van der Waals surface area contributed by atoms with E-state index in [9.17, 15) is 9.59 Å². The summed E-state index contributed by atoms with van der Waals surface area (Å²) >= 11 is 7.07. The number of ketones is 1. The minimum absolute atomic E-state index is 0.0746. The van der Waals surface area contributed by atoms with Gasteiger partial charge in [0.2, 0.25) is 5.91 Å². The molecule has 0 unspecified atom stereocenters. The van der Waals surface area contributed by atoms with Crippen LogP contribution in [-0.2, 0) is 4.79 Å². The highest BCUT2D eigenvalue weighted by molar-refractivity contribution is 7.18. The van der Waals surface area contributed by atoms with Crippen LogP contribution in [-0.4, -0.2) is 21.2 Å². The first-order valence-electron chi connectivity index (χ1n) is 8.71. The number of rotatable bonds is 6. The first-order valence-corrected chi connectivity index (χ1v) is 9.90. The van der Waals surface area contributed by atoms with E-state index in [-0.39, 0.29) is 24.5 Å². The van der Waals surface area contributed by atoms with Crippen molar-refractivity contribution in [2.24, 2.45) is 0 Å². The van der Waals surface area contributed by atoms with Crippen molar-refractivity contribution in [1.29, 1.82) is 0 Å². The van der Waals surface area contributed by atoms with Gasteiger partial charge >= 0.3 is 0 Å². The fourth-order valence-electron chi connectivity index (χ4n) is 2.91. The second kappa shape index (κ2) is 7.96. The monoisotopic (exact) mass is 409 g/mol. The van der Waals surface area contributed by atoms with E-state index >= 15 is 0 Å². The molecule has 7 heteroatoms. The molecule has 4 aromatic rings. The summed E-state index contributed by atoms with van der Waals surface area (Å²) in [6.45, 7) is 0. The molecule has 2 aromatic carbocycles. The highest BCUT2D eigenvalue weighted by atomic mass is 35.5. The van der Waals surface area contributed by atoms with Crippen LogP contribution in [0.25, 0.3) is 16.7 Å². The summed E-state index contributed by atoms with van der Waals surface area (Å²) in [4.78, 5) is 29.2. The van der Waals surface area contributed by atoms with Crippen LogP contribution < -0.4 is 5.32 Å². The van der Waals surface area contributed by atoms with Crippen molar-refractivity contribution in [1.82, 2.24) is 9.55 Å². The van der Waals surface area contributed by atoms with Crippen LogP contribution >= 0.6 is 22.9 Å². The second-order valence-corrected chi connectivity index (χ2v) is 7.94. The smallest absolute Gasteiger partial charge is 0.224 e. The van der Waals surface area contributed by atoms with Gasteiger partial charge in [0.15, 0.2) is 5.78 Å². The third kappa shape index (κ3) is 3.98. The molecule has 5 nitrogen and oxygen atoms in total. The molecule has 0 saturated carbocycles. The number of aromatic nitrogens is 2. The fraction of sp³-hybridized carbons (Fsp3) is 0.0952. The number of carbonyl (C=O) groups excluding carboxylic acids is 2. The zero-order valence-electron chi connectivity index (χ0n) is 14.8. The van der Waals surface area contributed by atoms with Crippen LogP contribution in [0.2, 0.25) is 4.34 Å². The van der Waals surface area contributed by atoms with Gasteiger partial charge in [-0.25, -0.2) is 4.98 Å². The minimum Gasteiger partial charge on any atom is -0.326 e. The summed E-state index contributed by atoms with van der Waals surface area (Å²) in [5, 5.41) is 2.82. The van der Waals surface area contributed by atoms with Gasteiger partial charge in [0.05, 0.1) is 20.2 Å². The number of hydrogen-bond donors (Lipinski definition) is 1. The van der Waals surface area contributed by atoms with Crippen molar-refractivity contribution < 1.29 is 9.59 Å². The number of benzene rings is 2. The lowest BCUT2D eigenvalue weighted by Crippen LogP contribution is -2.13. The molecule has 1 N–H and O–H groups in total. The normalized spacial score (nSPS) is 10.9. The highest BCUT2D eigenvalue weighted by Crippen LogP contribution is 2.23. The van der Waals surface area contributed by atoms with Crippen molar-refractivity contribution in [3.63, 3.8) is 0 Å². The largest absolute Gasteiger partial charge is 0.326 e. The van der Waals surface area contributed by atoms with E-state index in [0.29, 0.717) is 14.9 Å². The maximum absolute atomic E-state index is 12.1. The van der Waals surface area contributed by atoms with Crippen molar-refractivity contribution in [3.05, 3.63) is 76.2 Å². The molecule has 0 saturated heterocycles. The average Bonchev–Trinajstić information content (AvgIpc) is 3.33.